The van der Waals surface area contributed by atoms with Gasteiger partial charge < -0.3 is 18.0 Å². The summed E-state index contributed by atoms with van der Waals surface area (Å²) in [7, 11) is -7.67. The number of ketones is 1. The van der Waals surface area contributed by atoms with Crippen LogP contribution in [0.4, 0.5) is 0 Å². The molecular weight excluding hydrogens is 837 g/mol. The van der Waals surface area contributed by atoms with Crippen molar-refractivity contribution in [2.24, 2.45) is 23.7 Å². The molecule has 4 unspecified atom stereocenters. The summed E-state index contributed by atoms with van der Waals surface area (Å²) in [4.78, 5) is 14.5. The van der Waals surface area contributed by atoms with E-state index >= 15 is 0 Å². The first-order chi connectivity index (χ1) is 29.3. The molecule has 0 aromatic heterocycles. The van der Waals surface area contributed by atoms with Crippen LogP contribution in [-0.2, 0) is 28.4 Å². The summed E-state index contributed by atoms with van der Waals surface area (Å²) in [6.45, 7) is 44.8. The molecule has 0 radical (unpaired) electrons. The van der Waals surface area contributed by atoms with E-state index in [1.807, 2.05) is 18.2 Å². The molecule has 0 heterocycles. The van der Waals surface area contributed by atoms with Gasteiger partial charge in [0.25, 0.3) is 0 Å². The fraction of sp³-hybridized carbons (Fsp3) is 0.589. The smallest absolute Gasteiger partial charge is 0.210 e. The maximum absolute atomic E-state index is 14.5. The van der Waals surface area contributed by atoms with Crippen molar-refractivity contribution in [2.45, 2.75) is 188 Å². The molecule has 354 valence electrons. The van der Waals surface area contributed by atoms with Crippen molar-refractivity contribution < 1.29 is 22.8 Å². The number of benzene rings is 3. The van der Waals surface area contributed by atoms with Crippen LogP contribution >= 0.6 is 0 Å². The minimum absolute atomic E-state index is 0.00932. The van der Waals surface area contributed by atoms with Gasteiger partial charge in [-0.1, -0.05) is 200 Å². The van der Waals surface area contributed by atoms with E-state index in [-0.39, 0.29) is 33.2 Å². The van der Waals surface area contributed by atoms with Crippen molar-refractivity contribution in [2.75, 3.05) is 0 Å². The number of rotatable bonds is 20. The third-order valence-electron chi connectivity index (χ3n) is 14.3. The highest BCUT2D eigenvalue weighted by atomic mass is 28.4. The Bertz CT molecular complexity index is 1870. The molecule has 0 N–H and O–H groups in total. The van der Waals surface area contributed by atoms with Gasteiger partial charge in [0.2, 0.25) is 5.78 Å². The maximum atomic E-state index is 14.5. The summed E-state index contributed by atoms with van der Waals surface area (Å²) >= 11 is 0. The maximum Gasteiger partial charge on any atom is 0.210 e. The van der Waals surface area contributed by atoms with Crippen molar-refractivity contribution in [3.05, 3.63) is 120 Å². The lowest BCUT2D eigenvalue weighted by atomic mass is 9.80. The number of ether oxygens (including phenoxy) is 1. The Hall–Kier alpha value is -2.88. The molecule has 3 aromatic rings. The molecule has 0 saturated heterocycles. The fourth-order valence-corrected chi connectivity index (χ4v) is 11.6. The Morgan fingerprint density at radius 3 is 1.33 bits per heavy atom. The van der Waals surface area contributed by atoms with Gasteiger partial charge in [0.05, 0.1) is 6.42 Å². The first kappa shape index (κ1) is 55.4. The molecule has 4 atom stereocenters. The van der Waals surface area contributed by atoms with E-state index in [4.69, 9.17) is 18.0 Å². The van der Waals surface area contributed by atoms with E-state index in [1.165, 1.54) is 0 Å². The summed E-state index contributed by atoms with van der Waals surface area (Å²) in [5, 5.41) is -0.434. The summed E-state index contributed by atoms with van der Waals surface area (Å²) in [5.41, 5.74) is 1.94. The Labute approximate surface area is 395 Å². The van der Waals surface area contributed by atoms with Gasteiger partial charge in [-0.2, -0.15) is 0 Å². The van der Waals surface area contributed by atoms with Gasteiger partial charge in [-0.3, -0.25) is 4.79 Å². The van der Waals surface area contributed by atoms with Crippen LogP contribution in [0.5, 0.6) is 0 Å². The standard InChI is InChI=1S/C56H88O5Si3/c1-43(2)40-45(4)41-44(3)36-38-50(57)42-55(60-63(17,18)53(9,10)11,61-64(19,20)54(12,13)14)46(5)37-39-51(59-62(15,16)52(6,7)8)58-56(47-30-24-21-25-31-47,48-32-26-22-27-33-48)49-34-28-23-29-35-49/h21-35,37,39,43-46,51H,40-42H2,1-20H3/b39-37+. The Balaban J connectivity index is 2.37. The van der Waals surface area contributed by atoms with E-state index < -0.39 is 48.5 Å². The molecule has 0 fully saturated rings. The summed E-state index contributed by atoms with van der Waals surface area (Å²) in [5.74, 6) is 5.84. The van der Waals surface area contributed by atoms with Gasteiger partial charge in [0.1, 0.15) is 5.60 Å². The second kappa shape index (κ2) is 21.8. The van der Waals surface area contributed by atoms with Gasteiger partial charge in [-0.15, -0.1) is 0 Å². The monoisotopic (exact) mass is 925 g/mol. The number of carbonyl (C=O) groups is 1. The molecule has 64 heavy (non-hydrogen) atoms. The van der Waals surface area contributed by atoms with Gasteiger partial charge in [0.15, 0.2) is 37.0 Å². The minimum Gasteiger partial charge on any atom is -0.390 e. The summed E-state index contributed by atoms with van der Waals surface area (Å²) in [6.07, 6.45) is 5.51. The molecule has 0 spiro atoms. The first-order valence-electron chi connectivity index (χ1n) is 23.9. The van der Waals surface area contributed by atoms with Crippen LogP contribution in [0.3, 0.4) is 0 Å². The molecule has 0 saturated carbocycles. The topological polar surface area (TPSA) is 54.0 Å². The van der Waals surface area contributed by atoms with Crippen molar-refractivity contribution in [1.82, 2.24) is 0 Å². The third kappa shape index (κ3) is 14.6. The normalized spacial score (nSPS) is 15.7. The Morgan fingerprint density at radius 1 is 0.578 bits per heavy atom. The van der Waals surface area contributed by atoms with E-state index in [0.717, 1.165) is 29.5 Å². The molecule has 3 rings (SSSR count). The Morgan fingerprint density at radius 2 is 0.969 bits per heavy atom. The number of hydrogen-bond donors (Lipinski definition) is 0. The van der Waals surface area contributed by atoms with Gasteiger partial charge in [0, 0.05) is 11.8 Å². The van der Waals surface area contributed by atoms with Crippen molar-refractivity contribution in [3.63, 3.8) is 0 Å². The second-order valence-corrected chi connectivity index (χ2v) is 37.8. The van der Waals surface area contributed by atoms with Gasteiger partial charge in [-0.05, 0) is 108 Å². The lowest BCUT2D eigenvalue weighted by molar-refractivity contribution is -0.168. The zero-order valence-electron chi connectivity index (χ0n) is 43.9. The fourth-order valence-electron chi connectivity index (χ4n) is 7.52. The van der Waals surface area contributed by atoms with Crippen molar-refractivity contribution >= 4 is 30.7 Å². The molecule has 0 aliphatic rings. The second-order valence-electron chi connectivity index (χ2n) is 23.6. The largest absolute Gasteiger partial charge is 0.390 e. The van der Waals surface area contributed by atoms with Gasteiger partial charge >= 0.3 is 0 Å². The summed E-state index contributed by atoms with van der Waals surface area (Å²) < 4.78 is 30.3. The first-order valence-corrected chi connectivity index (χ1v) is 32.7. The van der Waals surface area contributed by atoms with Crippen molar-refractivity contribution in [1.29, 1.82) is 0 Å². The van der Waals surface area contributed by atoms with E-state index in [9.17, 15) is 4.79 Å². The highest BCUT2D eigenvalue weighted by Crippen LogP contribution is 2.49. The minimum atomic E-state index is -2.59. The van der Waals surface area contributed by atoms with E-state index in [0.29, 0.717) is 11.8 Å². The van der Waals surface area contributed by atoms with Crippen LogP contribution in [0.2, 0.25) is 54.4 Å². The third-order valence-corrected chi connectivity index (χ3v) is 27.6. The lowest BCUT2D eigenvalue weighted by Gasteiger charge is -2.52. The van der Waals surface area contributed by atoms with Gasteiger partial charge in [-0.25, -0.2) is 0 Å². The molecule has 0 aliphatic heterocycles. The Kier molecular flexibility index (Phi) is 18.9. The predicted molar refractivity (Wildman–Crippen MR) is 280 cm³/mol. The number of Topliss-reactive ketones (excluding diaryl/α,β-unsaturated/α-hetero) is 1. The quantitative estimate of drug-likeness (QED) is 0.0282. The molecule has 0 bridgehead atoms. The van der Waals surface area contributed by atoms with Crippen LogP contribution < -0.4 is 0 Å². The van der Waals surface area contributed by atoms with Crippen LogP contribution in [0.25, 0.3) is 0 Å². The molecule has 5 nitrogen and oxygen atoms in total. The average molecular weight is 926 g/mol. The van der Waals surface area contributed by atoms with Crippen LogP contribution in [-0.4, -0.2) is 42.8 Å². The molecule has 0 aliphatic carbocycles. The predicted octanol–water partition coefficient (Wildman–Crippen LogP) is 15.9. The zero-order chi connectivity index (χ0) is 48.6. The zero-order valence-corrected chi connectivity index (χ0v) is 46.9. The summed E-state index contributed by atoms with van der Waals surface area (Å²) in [6, 6.07) is 31.4. The van der Waals surface area contributed by atoms with Crippen LogP contribution in [0.15, 0.2) is 103 Å². The number of carbonyl (C=O) groups excluding carboxylic acids is 1. The van der Waals surface area contributed by atoms with Crippen LogP contribution in [0, 0.1) is 35.5 Å². The van der Waals surface area contributed by atoms with E-state index in [1.54, 1.807) is 0 Å². The van der Waals surface area contributed by atoms with E-state index in [2.05, 4.69) is 233 Å². The SMILES string of the molecule is CC(C)CC(C)CC(C)C#CC(=O)CC(O[Si](C)(C)C(C)(C)C)(O[Si](C)(C)C(C)(C)C)C(C)/C=C/C(OC(c1ccccc1)(c1ccccc1)c1ccccc1)O[Si](C)(C)C(C)(C)C. The number of hydrogen-bond acceptors (Lipinski definition) is 5. The lowest BCUT2D eigenvalue weighted by Crippen LogP contribution is -2.60. The molecular formula is C56H88O5Si3. The van der Waals surface area contributed by atoms with Crippen molar-refractivity contribution in [3.8, 4) is 11.8 Å². The average Bonchev–Trinajstić information content (AvgIpc) is 3.17. The van der Waals surface area contributed by atoms with Crippen LogP contribution in [0.1, 0.15) is 133 Å². The molecule has 3 aromatic carbocycles. The highest BCUT2D eigenvalue weighted by molar-refractivity contribution is 6.75. The molecule has 0 amide bonds. The molecule has 8 heteroatoms. The highest BCUT2D eigenvalue weighted by Gasteiger charge is 2.53.